The standard InChI is InChI=1S/C10H7N5S2/c11-10-15-14-9(17-10)7-5-13-8(16-7)6-2-1-3-12-4-6/h1-5H,(H2,11,15). The minimum atomic E-state index is 0.469. The molecule has 0 radical (unpaired) electrons. The topological polar surface area (TPSA) is 77.6 Å². The maximum Gasteiger partial charge on any atom is 0.203 e. The van der Waals surface area contributed by atoms with Gasteiger partial charge in [-0.3, -0.25) is 4.98 Å². The Balaban J connectivity index is 1.99. The third kappa shape index (κ3) is 2.02. The molecule has 0 spiro atoms. The molecule has 0 amide bonds. The van der Waals surface area contributed by atoms with Crippen LogP contribution in [0.25, 0.3) is 20.5 Å². The van der Waals surface area contributed by atoms with Gasteiger partial charge in [0.05, 0.1) is 4.88 Å². The van der Waals surface area contributed by atoms with E-state index in [0.29, 0.717) is 5.13 Å². The van der Waals surface area contributed by atoms with E-state index in [1.807, 2.05) is 12.1 Å². The van der Waals surface area contributed by atoms with Crippen molar-refractivity contribution in [3.63, 3.8) is 0 Å². The van der Waals surface area contributed by atoms with Crippen LogP contribution in [0.4, 0.5) is 5.13 Å². The van der Waals surface area contributed by atoms with E-state index >= 15 is 0 Å². The van der Waals surface area contributed by atoms with Crippen LogP contribution >= 0.6 is 22.7 Å². The highest BCUT2D eigenvalue weighted by Gasteiger charge is 2.10. The molecule has 0 aliphatic heterocycles. The predicted octanol–water partition coefficient (Wildman–Crippen LogP) is 2.31. The van der Waals surface area contributed by atoms with Gasteiger partial charge in [-0.2, -0.15) is 0 Å². The molecule has 3 rings (SSSR count). The Morgan fingerprint density at radius 2 is 2.00 bits per heavy atom. The average molecular weight is 261 g/mol. The molecule has 7 heteroatoms. The fraction of sp³-hybridized carbons (Fsp3) is 0. The van der Waals surface area contributed by atoms with Gasteiger partial charge in [-0.05, 0) is 12.1 Å². The zero-order valence-corrected chi connectivity index (χ0v) is 10.2. The van der Waals surface area contributed by atoms with Gasteiger partial charge in [0.15, 0.2) is 5.01 Å². The Labute approximate surface area is 105 Å². The van der Waals surface area contributed by atoms with Gasteiger partial charge in [-0.15, -0.1) is 21.5 Å². The summed E-state index contributed by atoms with van der Waals surface area (Å²) in [6.45, 7) is 0. The smallest absolute Gasteiger partial charge is 0.203 e. The molecular formula is C10H7N5S2. The van der Waals surface area contributed by atoms with Crippen LogP contribution in [0, 0.1) is 0 Å². The summed E-state index contributed by atoms with van der Waals surface area (Å²) in [5.41, 5.74) is 6.55. The molecule has 0 fully saturated rings. The number of hydrogen-bond acceptors (Lipinski definition) is 7. The van der Waals surface area contributed by atoms with Gasteiger partial charge in [-0.1, -0.05) is 11.3 Å². The number of nitrogens with two attached hydrogens (primary N) is 1. The second kappa shape index (κ2) is 4.19. The van der Waals surface area contributed by atoms with Crippen molar-refractivity contribution in [3.8, 4) is 20.5 Å². The Morgan fingerprint density at radius 3 is 2.71 bits per heavy atom. The van der Waals surface area contributed by atoms with Crippen molar-refractivity contribution < 1.29 is 0 Å². The molecule has 0 saturated heterocycles. The molecule has 0 aliphatic carbocycles. The van der Waals surface area contributed by atoms with E-state index in [4.69, 9.17) is 5.73 Å². The van der Waals surface area contributed by atoms with Crippen LogP contribution in [0.3, 0.4) is 0 Å². The molecule has 17 heavy (non-hydrogen) atoms. The minimum absolute atomic E-state index is 0.469. The Morgan fingerprint density at radius 1 is 1.06 bits per heavy atom. The molecule has 0 unspecified atom stereocenters. The summed E-state index contributed by atoms with van der Waals surface area (Å²) in [7, 11) is 0. The highest BCUT2D eigenvalue weighted by atomic mass is 32.1. The normalized spacial score (nSPS) is 10.6. The fourth-order valence-corrected chi connectivity index (χ4v) is 2.88. The number of hydrogen-bond donors (Lipinski definition) is 1. The van der Waals surface area contributed by atoms with Crippen LogP contribution in [0.15, 0.2) is 30.7 Å². The van der Waals surface area contributed by atoms with Crippen molar-refractivity contribution in [2.24, 2.45) is 0 Å². The van der Waals surface area contributed by atoms with Gasteiger partial charge in [0, 0.05) is 24.2 Å². The van der Waals surface area contributed by atoms with Crippen LogP contribution < -0.4 is 5.73 Å². The quantitative estimate of drug-likeness (QED) is 0.766. The average Bonchev–Trinajstić information content (AvgIpc) is 2.98. The van der Waals surface area contributed by atoms with Gasteiger partial charge in [0.2, 0.25) is 5.13 Å². The van der Waals surface area contributed by atoms with E-state index in [1.165, 1.54) is 11.3 Å². The van der Waals surface area contributed by atoms with Crippen molar-refractivity contribution in [2.75, 3.05) is 5.73 Å². The van der Waals surface area contributed by atoms with Gasteiger partial charge in [0.1, 0.15) is 5.01 Å². The third-order valence-corrected chi connectivity index (χ3v) is 4.03. The van der Waals surface area contributed by atoms with Crippen LogP contribution in [0.5, 0.6) is 0 Å². The lowest BCUT2D eigenvalue weighted by Crippen LogP contribution is -1.79. The summed E-state index contributed by atoms with van der Waals surface area (Å²) >= 11 is 2.91. The van der Waals surface area contributed by atoms with Gasteiger partial charge < -0.3 is 5.73 Å². The molecule has 0 aromatic carbocycles. The summed E-state index contributed by atoms with van der Waals surface area (Å²) in [5.74, 6) is 0. The number of thiazole rings is 1. The lowest BCUT2D eigenvalue weighted by atomic mass is 10.3. The molecule has 84 valence electrons. The number of anilines is 1. The number of pyridine rings is 1. The second-order valence-corrected chi connectivity index (χ2v) is 5.26. The highest BCUT2D eigenvalue weighted by molar-refractivity contribution is 7.24. The van der Waals surface area contributed by atoms with Gasteiger partial charge in [0.25, 0.3) is 0 Å². The van der Waals surface area contributed by atoms with Crippen molar-refractivity contribution in [1.29, 1.82) is 0 Å². The van der Waals surface area contributed by atoms with E-state index in [1.54, 1.807) is 29.9 Å². The van der Waals surface area contributed by atoms with Crippen LogP contribution in [0.2, 0.25) is 0 Å². The van der Waals surface area contributed by atoms with E-state index in [0.717, 1.165) is 20.5 Å². The molecule has 0 aliphatic rings. The first-order chi connectivity index (χ1) is 8.33. The lowest BCUT2D eigenvalue weighted by Gasteiger charge is -1.91. The molecule has 0 bridgehead atoms. The molecule has 5 nitrogen and oxygen atoms in total. The highest BCUT2D eigenvalue weighted by Crippen LogP contribution is 2.33. The van der Waals surface area contributed by atoms with E-state index in [2.05, 4.69) is 20.2 Å². The van der Waals surface area contributed by atoms with E-state index in [-0.39, 0.29) is 0 Å². The lowest BCUT2D eigenvalue weighted by molar-refractivity contribution is 1.10. The van der Waals surface area contributed by atoms with E-state index in [9.17, 15) is 0 Å². The van der Waals surface area contributed by atoms with Gasteiger partial charge >= 0.3 is 0 Å². The molecule has 3 heterocycles. The summed E-state index contributed by atoms with van der Waals surface area (Å²) < 4.78 is 0. The number of rotatable bonds is 2. The van der Waals surface area contributed by atoms with Crippen molar-refractivity contribution in [1.82, 2.24) is 20.2 Å². The maximum absolute atomic E-state index is 5.55. The largest absolute Gasteiger partial charge is 0.374 e. The summed E-state index contributed by atoms with van der Waals surface area (Å²) in [5, 5.41) is 9.97. The van der Waals surface area contributed by atoms with Crippen LogP contribution in [-0.2, 0) is 0 Å². The van der Waals surface area contributed by atoms with E-state index < -0.39 is 0 Å². The Hall–Kier alpha value is -1.86. The molecular weight excluding hydrogens is 254 g/mol. The maximum atomic E-state index is 5.55. The van der Waals surface area contributed by atoms with Crippen molar-refractivity contribution in [2.45, 2.75) is 0 Å². The first-order valence-electron chi connectivity index (χ1n) is 4.78. The first kappa shape index (κ1) is 10.3. The molecule has 0 saturated carbocycles. The third-order valence-electron chi connectivity index (χ3n) is 2.07. The summed E-state index contributed by atoms with van der Waals surface area (Å²) in [6.07, 6.45) is 5.31. The predicted molar refractivity (Wildman–Crippen MR) is 68.7 cm³/mol. The molecule has 2 N–H and O–H groups in total. The SMILES string of the molecule is Nc1nnc(-c2cnc(-c3cccnc3)s2)s1. The van der Waals surface area contributed by atoms with Crippen LogP contribution in [-0.4, -0.2) is 20.2 Å². The number of nitrogens with zero attached hydrogens (tertiary/aromatic N) is 4. The zero-order valence-electron chi connectivity index (χ0n) is 8.57. The second-order valence-electron chi connectivity index (χ2n) is 3.22. The summed E-state index contributed by atoms with van der Waals surface area (Å²) in [4.78, 5) is 9.39. The molecule has 3 aromatic heterocycles. The summed E-state index contributed by atoms with van der Waals surface area (Å²) in [6, 6.07) is 3.86. The number of nitrogen functional groups attached to an aromatic ring is 1. The minimum Gasteiger partial charge on any atom is -0.374 e. The fourth-order valence-electron chi connectivity index (χ4n) is 1.33. The van der Waals surface area contributed by atoms with Crippen molar-refractivity contribution >= 4 is 27.8 Å². The van der Waals surface area contributed by atoms with Gasteiger partial charge in [-0.25, -0.2) is 4.98 Å². The Kier molecular flexibility index (Phi) is 2.54. The van der Waals surface area contributed by atoms with Crippen LogP contribution in [0.1, 0.15) is 0 Å². The molecule has 0 atom stereocenters. The first-order valence-corrected chi connectivity index (χ1v) is 6.42. The molecule has 3 aromatic rings. The van der Waals surface area contributed by atoms with Crippen molar-refractivity contribution in [3.05, 3.63) is 30.7 Å². The number of aromatic nitrogens is 4. The zero-order chi connectivity index (χ0) is 11.7. The monoisotopic (exact) mass is 261 g/mol. The Bertz CT molecular complexity index is 631.